The molecule has 0 N–H and O–H groups in total. The molecular formula is C10H8FN. The first-order chi connectivity index (χ1) is 5.83. The van der Waals surface area contributed by atoms with Crippen LogP contribution in [0.25, 0.3) is 6.08 Å². The standard InChI is InChI=1S/C10H8FN/c11-10-6-4-9(5-7-10)3-1-2-8-12/h1,3-7H,2H2. The summed E-state index contributed by atoms with van der Waals surface area (Å²) in [5, 5.41) is 8.23. The quantitative estimate of drug-likeness (QED) is 0.654. The number of hydrogen-bond donors (Lipinski definition) is 0. The van der Waals surface area contributed by atoms with Crippen LogP contribution in [0, 0.1) is 17.1 Å². The number of nitrogens with zero attached hydrogens (tertiary/aromatic N) is 1. The van der Waals surface area contributed by atoms with Crippen molar-refractivity contribution in [3.05, 3.63) is 41.7 Å². The maximum absolute atomic E-state index is 12.4. The minimum atomic E-state index is -0.243. The van der Waals surface area contributed by atoms with Crippen LogP contribution >= 0.6 is 0 Å². The monoisotopic (exact) mass is 161 g/mol. The first kappa shape index (κ1) is 8.48. The van der Waals surface area contributed by atoms with Gasteiger partial charge in [0.25, 0.3) is 0 Å². The van der Waals surface area contributed by atoms with Crippen LogP contribution in [0.5, 0.6) is 0 Å². The molecule has 0 aliphatic heterocycles. The van der Waals surface area contributed by atoms with Gasteiger partial charge in [0.05, 0.1) is 12.5 Å². The van der Waals surface area contributed by atoms with E-state index in [0.29, 0.717) is 6.42 Å². The molecule has 60 valence electrons. The van der Waals surface area contributed by atoms with Gasteiger partial charge in [-0.2, -0.15) is 5.26 Å². The average Bonchev–Trinajstić information content (AvgIpc) is 2.09. The second-order valence-corrected chi connectivity index (χ2v) is 2.32. The predicted molar refractivity (Wildman–Crippen MR) is 45.7 cm³/mol. The van der Waals surface area contributed by atoms with E-state index in [1.807, 2.05) is 6.07 Å². The van der Waals surface area contributed by atoms with E-state index in [1.54, 1.807) is 24.3 Å². The maximum atomic E-state index is 12.4. The lowest BCUT2D eigenvalue weighted by molar-refractivity contribution is 0.628. The van der Waals surface area contributed by atoms with Crippen LogP contribution < -0.4 is 0 Å². The van der Waals surface area contributed by atoms with E-state index < -0.39 is 0 Å². The smallest absolute Gasteiger partial charge is 0.123 e. The van der Waals surface area contributed by atoms with Crippen molar-refractivity contribution < 1.29 is 4.39 Å². The molecule has 0 aromatic heterocycles. The van der Waals surface area contributed by atoms with Crippen LogP contribution in [-0.2, 0) is 0 Å². The molecule has 1 aromatic rings. The van der Waals surface area contributed by atoms with E-state index in [0.717, 1.165) is 5.56 Å². The van der Waals surface area contributed by atoms with Gasteiger partial charge in [0.2, 0.25) is 0 Å². The van der Waals surface area contributed by atoms with Crippen molar-refractivity contribution in [1.82, 2.24) is 0 Å². The number of nitriles is 1. The van der Waals surface area contributed by atoms with Crippen LogP contribution in [0.1, 0.15) is 12.0 Å². The summed E-state index contributed by atoms with van der Waals surface area (Å²) in [5.74, 6) is -0.243. The molecule has 0 aliphatic carbocycles. The summed E-state index contributed by atoms with van der Waals surface area (Å²) in [5.41, 5.74) is 0.909. The van der Waals surface area contributed by atoms with E-state index >= 15 is 0 Å². The Balaban J connectivity index is 2.66. The van der Waals surface area contributed by atoms with Crippen LogP contribution in [-0.4, -0.2) is 0 Å². The fourth-order valence-electron chi connectivity index (χ4n) is 0.822. The summed E-state index contributed by atoms with van der Waals surface area (Å²) in [7, 11) is 0. The van der Waals surface area contributed by atoms with Gasteiger partial charge in [-0.1, -0.05) is 24.3 Å². The Bertz CT molecular complexity index is 306. The number of rotatable bonds is 2. The SMILES string of the molecule is N#CCC=Cc1ccc(F)cc1. The van der Waals surface area contributed by atoms with Crippen LogP contribution in [0.4, 0.5) is 4.39 Å². The van der Waals surface area contributed by atoms with Crippen molar-refractivity contribution in [2.45, 2.75) is 6.42 Å². The van der Waals surface area contributed by atoms with Crippen molar-refractivity contribution in [1.29, 1.82) is 5.26 Å². The van der Waals surface area contributed by atoms with Crippen LogP contribution in [0.15, 0.2) is 30.3 Å². The Labute approximate surface area is 70.8 Å². The minimum absolute atomic E-state index is 0.243. The Kier molecular flexibility index (Phi) is 3.04. The molecule has 0 radical (unpaired) electrons. The van der Waals surface area contributed by atoms with E-state index in [2.05, 4.69) is 0 Å². The molecule has 0 bridgehead atoms. The molecule has 1 rings (SSSR count). The third-order valence-electron chi connectivity index (χ3n) is 1.39. The van der Waals surface area contributed by atoms with Gasteiger partial charge in [0, 0.05) is 0 Å². The lowest BCUT2D eigenvalue weighted by atomic mass is 10.2. The highest BCUT2D eigenvalue weighted by Crippen LogP contribution is 2.04. The summed E-state index contributed by atoms with van der Waals surface area (Å²) in [6.45, 7) is 0. The van der Waals surface area contributed by atoms with Crippen molar-refractivity contribution >= 4 is 6.08 Å². The summed E-state index contributed by atoms with van der Waals surface area (Å²) in [6.07, 6.45) is 3.92. The van der Waals surface area contributed by atoms with Gasteiger partial charge >= 0.3 is 0 Å². The molecule has 0 atom stereocenters. The molecule has 1 nitrogen and oxygen atoms in total. The maximum Gasteiger partial charge on any atom is 0.123 e. The molecule has 0 fully saturated rings. The van der Waals surface area contributed by atoms with Gasteiger partial charge in [-0.25, -0.2) is 4.39 Å². The highest BCUT2D eigenvalue weighted by atomic mass is 19.1. The molecule has 12 heavy (non-hydrogen) atoms. The topological polar surface area (TPSA) is 23.8 Å². The Morgan fingerprint density at radius 2 is 2.00 bits per heavy atom. The second kappa shape index (κ2) is 4.30. The fourth-order valence-corrected chi connectivity index (χ4v) is 0.822. The Morgan fingerprint density at radius 1 is 1.33 bits per heavy atom. The van der Waals surface area contributed by atoms with Crippen molar-refractivity contribution in [2.75, 3.05) is 0 Å². The largest absolute Gasteiger partial charge is 0.207 e. The molecule has 0 amide bonds. The highest BCUT2D eigenvalue weighted by Gasteiger charge is 1.87. The molecule has 1 aromatic carbocycles. The predicted octanol–water partition coefficient (Wildman–Crippen LogP) is 2.75. The second-order valence-electron chi connectivity index (χ2n) is 2.32. The zero-order chi connectivity index (χ0) is 8.81. The van der Waals surface area contributed by atoms with Gasteiger partial charge in [-0.3, -0.25) is 0 Å². The van der Waals surface area contributed by atoms with Gasteiger partial charge in [0.1, 0.15) is 5.82 Å². The summed E-state index contributed by atoms with van der Waals surface area (Å²) in [4.78, 5) is 0. The zero-order valence-corrected chi connectivity index (χ0v) is 6.50. The normalized spacial score (nSPS) is 10.0. The lowest BCUT2D eigenvalue weighted by Crippen LogP contribution is -1.73. The summed E-state index contributed by atoms with van der Waals surface area (Å²) < 4.78 is 12.4. The van der Waals surface area contributed by atoms with Crippen LogP contribution in [0.2, 0.25) is 0 Å². The highest BCUT2D eigenvalue weighted by molar-refractivity contribution is 5.49. The third-order valence-corrected chi connectivity index (χ3v) is 1.39. The number of benzene rings is 1. The van der Waals surface area contributed by atoms with Crippen LogP contribution in [0.3, 0.4) is 0 Å². The summed E-state index contributed by atoms with van der Waals surface area (Å²) >= 11 is 0. The Hall–Kier alpha value is -1.62. The molecule has 0 heterocycles. The number of allylic oxidation sites excluding steroid dienone is 1. The Morgan fingerprint density at radius 3 is 2.58 bits per heavy atom. The third kappa shape index (κ3) is 2.55. The first-order valence-electron chi connectivity index (χ1n) is 3.62. The minimum Gasteiger partial charge on any atom is -0.207 e. The van der Waals surface area contributed by atoms with Gasteiger partial charge in [0.15, 0.2) is 0 Å². The molecule has 0 saturated carbocycles. The van der Waals surface area contributed by atoms with Crippen molar-refractivity contribution in [3.8, 4) is 6.07 Å². The van der Waals surface area contributed by atoms with Gasteiger partial charge in [-0.15, -0.1) is 0 Å². The first-order valence-corrected chi connectivity index (χ1v) is 3.62. The molecule has 0 saturated heterocycles. The molecule has 0 aliphatic rings. The van der Waals surface area contributed by atoms with E-state index in [-0.39, 0.29) is 5.82 Å². The van der Waals surface area contributed by atoms with Gasteiger partial charge in [-0.05, 0) is 17.7 Å². The fraction of sp³-hybridized carbons (Fsp3) is 0.100. The zero-order valence-electron chi connectivity index (χ0n) is 6.50. The lowest BCUT2D eigenvalue weighted by Gasteiger charge is -1.90. The number of halogens is 1. The van der Waals surface area contributed by atoms with Crippen molar-refractivity contribution in [2.24, 2.45) is 0 Å². The van der Waals surface area contributed by atoms with E-state index in [4.69, 9.17) is 5.26 Å². The average molecular weight is 161 g/mol. The molecule has 2 heteroatoms. The van der Waals surface area contributed by atoms with E-state index in [1.165, 1.54) is 12.1 Å². The number of hydrogen-bond acceptors (Lipinski definition) is 1. The van der Waals surface area contributed by atoms with Crippen molar-refractivity contribution in [3.63, 3.8) is 0 Å². The summed E-state index contributed by atoms with van der Waals surface area (Å²) in [6, 6.07) is 8.12. The van der Waals surface area contributed by atoms with Gasteiger partial charge < -0.3 is 0 Å². The van der Waals surface area contributed by atoms with E-state index in [9.17, 15) is 4.39 Å². The molecular weight excluding hydrogens is 153 g/mol. The molecule has 0 unspecified atom stereocenters. The molecule has 0 spiro atoms.